The van der Waals surface area contributed by atoms with Crippen molar-refractivity contribution in [1.82, 2.24) is 5.32 Å². The summed E-state index contributed by atoms with van der Waals surface area (Å²) in [4.78, 5) is 11.2. The van der Waals surface area contributed by atoms with Gasteiger partial charge in [-0.2, -0.15) is 0 Å². The summed E-state index contributed by atoms with van der Waals surface area (Å²) in [6.45, 7) is 0. The number of amides is 1. The van der Waals surface area contributed by atoms with Gasteiger partial charge in [-0.25, -0.2) is 4.79 Å². The molecule has 1 aliphatic carbocycles. The molecule has 1 fully saturated rings. The number of para-hydroxylation sites is 1. The summed E-state index contributed by atoms with van der Waals surface area (Å²) in [6, 6.07) is 6.29. The monoisotopic (exact) mass is 261 g/mol. The zero-order valence-electron chi connectivity index (χ0n) is 11.1. The summed E-state index contributed by atoms with van der Waals surface area (Å²) in [5.74, 6) is 1.55. The van der Waals surface area contributed by atoms with Gasteiger partial charge in [0.25, 0.3) is 0 Å². The molecule has 1 atom stereocenters. The van der Waals surface area contributed by atoms with E-state index in [0.29, 0.717) is 12.3 Å². The minimum Gasteiger partial charge on any atom is -0.454 e. The Hall–Kier alpha value is -1.71. The number of carbonyl (C=O) groups excluding carboxylic acids is 1. The van der Waals surface area contributed by atoms with Gasteiger partial charge in [-0.1, -0.05) is 31.0 Å². The molecule has 1 aromatic carbocycles. The Bertz CT molecular complexity index is 480. The zero-order valence-corrected chi connectivity index (χ0v) is 11.1. The molecular formula is C15H19NO3. The Morgan fingerprint density at radius 2 is 2.16 bits per heavy atom. The molecule has 1 saturated carbocycles. The molecule has 0 bridgehead atoms. The predicted octanol–water partition coefficient (Wildman–Crippen LogP) is 2.96. The number of alkyl carbamates (subject to hydrolysis) is 1. The zero-order chi connectivity index (χ0) is 13.2. The van der Waals surface area contributed by atoms with Crippen LogP contribution in [0.15, 0.2) is 18.2 Å². The summed E-state index contributed by atoms with van der Waals surface area (Å²) in [5, 5.41) is 2.45. The largest absolute Gasteiger partial charge is 0.454 e. The van der Waals surface area contributed by atoms with Crippen molar-refractivity contribution in [2.24, 2.45) is 0 Å². The summed E-state index contributed by atoms with van der Waals surface area (Å²) in [7, 11) is 1.55. The van der Waals surface area contributed by atoms with Crippen molar-refractivity contribution in [3.8, 4) is 5.75 Å². The molecule has 102 valence electrons. The first kappa shape index (κ1) is 12.3. The number of ether oxygens (including phenoxy) is 2. The number of benzene rings is 1. The molecule has 0 radical (unpaired) electrons. The van der Waals surface area contributed by atoms with E-state index in [-0.39, 0.29) is 0 Å². The average molecular weight is 261 g/mol. The number of hydrogen-bond acceptors (Lipinski definition) is 3. The fraction of sp³-hybridized carbons (Fsp3) is 0.533. The Kier molecular flexibility index (Phi) is 3.32. The number of rotatable bonds is 2. The highest BCUT2D eigenvalue weighted by Crippen LogP contribution is 2.43. The van der Waals surface area contributed by atoms with Crippen molar-refractivity contribution in [2.75, 3.05) is 7.05 Å². The second kappa shape index (κ2) is 5.11. The number of fused-ring (bicyclic) bond motifs is 1. The molecule has 1 aliphatic heterocycles. The predicted molar refractivity (Wildman–Crippen MR) is 71.3 cm³/mol. The highest BCUT2D eigenvalue weighted by atomic mass is 16.7. The maximum absolute atomic E-state index is 11.2. The highest BCUT2D eigenvalue weighted by Gasteiger charge is 2.30. The smallest absolute Gasteiger partial charge is 0.409 e. The number of nitrogens with one attached hydrogen (secondary N) is 1. The Balaban J connectivity index is 1.78. The third kappa shape index (κ3) is 2.39. The highest BCUT2D eigenvalue weighted by molar-refractivity contribution is 5.67. The first-order chi connectivity index (χ1) is 9.28. The topological polar surface area (TPSA) is 47.6 Å². The van der Waals surface area contributed by atoms with Crippen LogP contribution in [-0.2, 0) is 11.2 Å². The SMILES string of the molecule is CNC(=O)OC1Cc2cccc(C3CCCC3)c2O1. The Labute approximate surface area is 113 Å². The van der Waals surface area contributed by atoms with Gasteiger partial charge < -0.3 is 14.8 Å². The van der Waals surface area contributed by atoms with E-state index in [1.807, 2.05) is 0 Å². The van der Waals surface area contributed by atoms with Crippen LogP contribution >= 0.6 is 0 Å². The summed E-state index contributed by atoms with van der Waals surface area (Å²) in [6.07, 6.45) is 4.78. The molecule has 2 aliphatic rings. The van der Waals surface area contributed by atoms with Gasteiger partial charge >= 0.3 is 6.09 Å². The van der Waals surface area contributed by atoms with E-state index in [4.69, 9.17) is 9.47 Å². The van der Waals surface area contributed by atoms with Gasteiger partial charge in [0.05, 0.1) is 6.42 Å². The maximum atomic E-state index is 11.2. The van der Waals surface area contributed by atoms with E-state index >= 15 is 0 Å². The lowest BCUT2D eigenvalue weighted by molar-refractivity contribution is -0.0162. The maximum Gasteiger partial charge on any atom is 0.409 e. The molecular weight excluding hydrogens is 242 g/mol. The van der Waals surface area contributed by atoms with Crippen molar-refractivity contribution < 1.29 is 14.3 Å². The Morgan fingerprint density at radius 3 is 2.89 bits per heavy atom. The molecule has 3 rings (SSSR count). The van der Waals surface area contributed by atoms with Crippen molar-refractivity contribution in [2.45, 2.75) is 44.3 Å². The first-order valence-electron chi connectivity index (χ1n) is 6.94. The Morgan fingerprint density at radius 1 is 1.37 bits per heavy atom. The second-order valence-electron chi connectivity index (χ2n) is 5.22. The van der Waals surface area contributed by atoms with Crippen LogP contribution in [0.5, 0.6) is 5.75 Å². The van der Waals surface area contributed by atoms with Gasteiger partial charge in [-0.15, -0.1) is 0 Å². The van der Waals surface area contributed by atoms with Crippen LogP contribution in [0.3, 0.4) is 0 Å². The molecule has 0 spiro atoms. The number of carbonyl (C=O) groups is 1. The standard InChI is InChI=1S/C15H19NO3/c1-16-15(17)19-13-9-11-7-4-8-12(14(11)18-13)10-5-2-3-6-10/h4,7-8,10,13H,2-3,5-6,9H2,1H3,(H,16,17). The van der Waals surface area contributed by atoms with E-state index in [1.54, 1.807) is 7.05 Å². The van der Waals surface area contributed by atoms with Crippen LogP contribution in [0.4, 0.5) is 4.79 Å². The van der Waals surface area contributed by atoms with Crippen molar-refractivity contribution >= 4 is 6.09 Å². The molecule has 0 saturated heterocycles. The lowest BCUT2D eigenvalue weighted by atomic mass is 9.94. The fourth-order valence-corrected chi connectivity index (χ4v) is 3.06. The van der Waals surface area contributed by atoms with Crippen LogP contribution in [0, 0.1) is 0 Å². The van der Waals surface area contributed by atoms with Gasteiger partial charge in [0, 0.05) is 12.6 Å². The summed E-state index contributed by atoms with van der Waals surface area (Å²) < 4.78 is 11.0. The molecule has 1 aromatic rings. The van der Waals surface area contributed by atoms with Crippen LogP contribution in [-0.4, -0.2) is 19.4 Å². The molecule has 0 aromatic heterocycles. The molecule has 1 N–H and O–H groups in total. The molecule has 4 heteroatoms. The molecule has 1 unspecified atom stereocenters. The van der Waals surface area contributed by atoms with Crippen LogP contribution in [0.1, 0.15) is 42.7 Å². The minimum absolute atomic E-state index is 0.444. The summed E-state index contributed by atoms with van der Waals surface area (Å²) >= 11 is 0. The average Bonchev–Trinajstić information content (AvgIpc) is 3.06. The van der Waals surface area contributed by atoms with E-state index in [2.05, 4.69) is 23.5 Å². The second-order valence-corrected chi connectivity index (χ2v) is 5.22. The lowest BCUT2D eigenvalue weighted by Crippen LogP contribution is -2.28. The van der Waals surface area contributed by atoms with Crippen molar-refractivity contribution in [3.05, 3.63) is 29.3 Å². The van der Waals surface area contributed by atoms with Gasteiger partial charge in [0.2, 0.25) is 6.29 Å². The van der Waals surface area contributed by atoms with Crippen LogP contribution in [0.25, 0.3) is 0 Å². The fourth-order valence-electron chi connectivity index (χ4n) is 3.06. The van der Waals surface area contributed by atoms with E-state index in [9.17, 15) is 4.79 Å². The summed E-state index contributed by atoms with van der Waals surface area (Å²) in [5.41, 5.74) is 2.44. The van der Waals surface area contributed by atoms with Gasteiger partial charge in [0.1, 0.15) is 5.75 Å². The van der Waals surface area contributed by atoms with Gasteiger partial charge in [-0.3, -0.25) is 0 Å². The first-order valence-corrected chi connectivity index (χ1v) is 6.94. The van der Waals surface area contributed by atoms with Crippen LogP contribution in [0.2, 0.25) is 0 Å². The third-order valence-electron chi connectivity index (χ3n) is 4.00. The van der Waals surface area contributed by atoms with Gasteiger partial charge in [-0.05, 0) is 24.3 Å². The molecule has 19 heavy (non-hydrogen) atoms. The number of hydrogen-bond donors (Lipinski definition) is 1. The van der Waals surface area contributed by atoms with Gasteiger partial charge in [0.15, 0.2) is 0 Å². The molecule has 1 amide bonds. The van der Waals surface area contributed by atoms with Crippen LogP contribution < -0.4 is 10.1 Å². The third-order valence-corrected chi connectivity index (χ3v) is 4.00. The van der Waals surface area contributed by atoms with E-state index in [0.717, 1.165) is 11.3 Å². The van der Waals surface area contributed by atoms with E-state index < -0.39 is 12.4 Å². The minimum atomic E-state index is -0.488. The van der Waals surface area contributed by atoms with Crippen molar-refractivity contribution in [1.29, 1.82) is 0 Å². The lowest BCUT2D eigenvalue weighted by Gasteiger charge is -2.15. The quantitative estimate of drug-likeness (QED) is 0.890. The normalized spacial score (nSPS) is 21.8. The van der Waals surface area contributed by atoms with E-state index in [1.165, 1.54) is 31.2 Å². The molecule has 1 heterocycles. The van der Waals surface area contributed by atoms with Crippen molar-refractivity contribution in [3.63, 3.8) is 0 Å². The molecule has 4 nitrogen and oxygen atoms in total.